The first-order chi connectivity index (χ1) is 10.7. The molecule has 112 valence electrons. The van der Waals surface area contributed by atoms with Crippen molar-refractivity contribution in [2.45, 2.75) is 13.0 Å². The van der Waals surface area contributed by atoms with Gasteiger partial charge in [-0.15, -0.1) is 11.3 Å². The van der Waals surface area contributed by atoms with Gasteiger partial charge >= 0.3 is 0 Å². The van der Waals surface area contributed by atoms with Crippen LogP contribution in [0.4, 0.5) is 5.13 Å². The number of aromatic nitrogens is 1. The summed E-state index contributed by atoms with van der Waals surface area (Å²) in [6.45, 7) is 1.90. The third-order valence-corrected chi connectivity index (χ3v) is 4.79. The number of rotatable bonds is 2. The van der Waals surface area contributed by atoms with Crippen molar-refractivity contribution in [1.29, 1.82) is 0 Å². The summed E-state index contributed by atoms with van der Waals surface area (Å²) in [4.78, 5) is 20.3. The average molecular weight is 313 g/mol. The third kappa shape index (κ3) is 2.40. The highest BCUT2D eigenvalue weighted by atomic mass is 32.1. The van der Waals surface area contributed by atoms with Crippen molar-refractivity contribution in [3.05, 3.63) is 46.7 Å². The minimum atomic E-state index is -0.254. The van der Waals surface area contributed by atoms with Gasteiger partial charge in [-0.3, -0.25) is 10.1 Å². The van der Waals surface area contributed by atoms with Gasteiger partial charge in [-0.1, -0.05) is 18.2 Å². The maximum atomic E-state index is 12.3. The predicted molar refractivity (Wildman–Crippen MR) is 86.3 cm³/mol. The molecule has 1 aromatic carbocycles. The highest BCUT2D eigenvalue weighted by Gasteiger charge is 2.20. The number of nitrogens with one attached hydrogen (secondary N) is 1. The molecule has 0 bridgehead atoms. The Morgan fingerprint density at radius 1 is 1.41 bits per heavy atom. The van der Waals surface area contributed by atoms with Crippen LogP contribution in [0.2, 0.25) is 0 Å². The molecule has 1 N–H and O–H groups in total. The van der Waals surface area contributed by atoms with E-state index in [1.54, 1.807) is 17.4 Å². The van der Waals surface area contributed by atoms with Gasteiger partial charge in [0.15, 0.2) is 10.9 Å². The average Bonchev–Trinajstić information content (AvgIpc) is 3.09. The number of amides is 1. The lowest BCUT2D eigenvalue weighted by atomic mass is 10.2. The zero-order chi connectivity index (χ0) is 15.1. The second-order valence-corrected chi connectivity index (χ2v) is 6.56. The Morgan fingerprint density at radius 3 is 3.14 bits per heavy atom. The Bertz CT molecular complexity index is 819. The van der Waals surface area contributed by atoms with Crippen LogP contribution >= 0.6 is 11.3 Å². The van der Waals surface area contributed by atoms with Crippen molar-refractivity contribution in [3.63, 3.8) is 0 Å². The summed E-state index contributed by atoms with van der Waals surface area (Å²) < 4.78 is 5.58. The number of benzene rings is 1. The SMILES string of the molecule is CN1CCc2nc(NC(=O)c3cc4ccccc4o3)sc2C1. The van der Waals surface area contributed by atoms with Crippen LogP contribution in [-0.4, -0.2) is 29.4 Å². The fraction of sp³-hybridized carbons (Fsp3) is 0.250. The molecule has 0 atom stereocenters. The maximum absolute atomic E-state index is 12.3. The molecular formula is C16H15N3O2S. The number of hydrogen-bond acceptors (Lipinski definition) is 5. The van der Waals surface area contributed by atoms with E-state index in [9.17, 15) is 4.79 Å². The van der Waals surface area contributed by atoms with E-state index < -0.39 is 0 Å². The summed E-state index contributed by atoms with van der Waals surface area (Å²) in [6, 6.07) is 9.34. The predicted octanol–water partition coefficient (Wildman–Crippen LogP) is 3.13. The number of anilines is 1. The molecule has 5 nitrogen and oxygen atoms in total. The minimum absolute atomic E-state index is 0.254. The van der Waals surface area contributed by atoms with Crippen molar-refractivity contribution in [1.82, 2.24) is 9.88 Å². The van der Waals surface area contributed by atoms with Crippen LogP contribution in [0.15, 0.2) is 34.7 Å². The van der Waals surface area contributed by atoms with Crippen LogP contribution in [0, 0.1) is 0 Å². The first kappa shape index (κ1) is 13.5. The molecule has 0 saturated heterocycles. The minimum Gasteiger partial charge on any atom is -0.451 e. The molecule has 1 aliphatic heterocycles. The number of furan rings is 1. The molecule has 3 aromatic rings. The molecule has 0 spiro atoms. The fourth-order valence-corrected chi connectivity index (χ4v) is 3.71. The molecule has 1 aliphatic rings. The Hall–Kier alpha value is -2.18. The van der Waals surface area contributed by atoms with Crippen molar-refractivity contribution in [3.8, 4) is 0 Å². The van der Waals surface area contributed by atoms with Gasteiger partial charge in [-0.25, -0.2) is 4.98 Å². The normalized spacial score (nSPS) is 15.0. The molecular weight excluding hydrogens is 298 g/mol. The molecule has 3 heterocycles. The van der Waals surface area contributed by atoms with Gasteiger partial charge in [0.05, 0.1) is 5.69 Å². The van der Waals surface area contributed by atoms with Gasteiger partial charge in [0.25, 0.3) is 5.91 Å². The van der Waals surface area contributed by atoms with Crippen LogP contribution in [0.1, 0.15) is 21.1 Å². The number of carbonyl (C=O) groups excluding carboxylic acids is 1. The summed E-state index contributed by atoms with van der Waals surface area (Å²) in [5, 5.41) is 4.42. The standard InChI is InChI=1S/C16H15N3O2S/c1-19-7-6-11-14(9-19)22-16(17-11)18-15(20)13-8-10-4-2-3-5-12(10)21-13/h2-5,8H,6-7,9H2,1H3,(H,17,18,20). The second-order valence-electron chi connectivity index (χ2n) is 5.48. The first-order valence-corrected chi connectivity index (χ1v) is 7.98. The van der Waals surface area contributed by atoms with Crippen LogP contribution in [0.3, 0.4) is 0 Å². The molecule has 4 rings (SSSR count). The maximum Gasteiger partial charge on any atom is 0.293 e. The lowest BCUT2D eigenvalue weighted by Crippen LogP contribution is -2.25. The Labute approximate surface area is 131 Å². The van der Waals surface area contributed by atoms with Crippen LogP contribution in [0.5, 0.6) is 0 Å². The molecule has 6 heteroatoms. The van der Waals surface area contributed by atoms with Gasteiger partial charge in [0, 0.05) is 29.8 Å². The Morgan fingerprint density at radius 2 is 2.27 bits per heavy atom. The second kappa shape index (κ2) is 5.23. The molecule has 2 aromatic heterocycles. The van der Waals surface area contributed by atoms with Crippen LogP contribution in [-0.2, 0) is 13.0 Å². The number of para-hydroxylation sites is 1. The van der Waals surface area contributed by atoms with E-state index in [0.717, 1.165) is 30.6 Å². The van der Waals surface area contributed by atoms with Crippen molar-refractivity contribution in [2.24, 2.45) is 0 Å². The first-order valence-electron chi connectivity index (χ1n) is 7.16. The van der Waals surface area contributed by atoms with Crippen molar-refractivity contribution >= 4 is 33.3 Å². The monoisotopic (exact) mass is 313 g/mol. The van der Waals surface area contributed by atoms with Gasteiger partial charge < -0.3 is 9.32 Å². The lowest BCUT2D eigenvalue weighted by Gasteiger charge is -2.20. The summed E-state index contributed by atoms with van der Waals surface area (Å²) in [7, 11) is 2.09. The zero-order valence-electron chi connectivity index (χ0n) is 12.1. The largest absolute Gasteiger partial charge is 0.451 e. The number of thiazole rings is 1. The highest BCUT2D eigenvalue weighted by Crippen LogP contribution is 2.28. The number of likely N-dealkylation sites (N-methyl/N-ethyl adjacent to an activating group) is 1. The molecule has 0 fully saturated rings. The quantitative estimate of drug-likeness (QED) is 0.789. The molecule has 1 amide bonds. The number of nitrogens with zero attached hydrogens (tertiary/aromatic N) is 2. The molecule has 0 radical (unpaired) electrons. The van der Waals surface area contributed by atoms with Crippen molar-refractivity contribution < 1.29 is 9.21 Å². The summed E-state index contributed by atoms with van der Waals surface area (Å²) >= 11 is 1.54. The lowest BCUT2D eigenvalue weighted by molar-refractivity contribution is 0.0998. The fourth-order valence-electron chi connectivity index (χ4n) is 2.63. The van der Waals surface area contributed by atoms with Crippen LogP contribution < -0.4 is 5.32 Å². The molecule has 22 heavy (non-hydrogen) atoms. The van der Waals surface area contributed by atoms with E-state index in [1.807, 2.05) is 24.3 Å². The van der Waals surface area contributed by atoms with E-state index in [1.165, 1.54) is 4.88 Å². The zero-order valence-corrected chi connectivity index (χ0v) is 12.9. The molecule has 0 unspecified atom stereocenters. The summed E-state index contributed by atoms with van der Waals surface area (Å²) in [5.74, 6) is 0.0575. The third-order valence-electron chi connectivity index (χ3n) is 3.79. The Balaban J connectivity index is 1.56. The van der Waals surface area contributed by atoms with E-state index in [4.69, 9.17) is 4.42 Å². The van der Waals surface area contributed by atoms with Gasteiger partial charge in [-0.2, -0.15) is 0 Å². The van der Waals surface area contributed by atoms with Gasteiger partial charge in [0.2, 0.25) is 0 Å². The summed E-state index contributed by atoms with van der Waals surface area (Å²) in [5.41, 5.74) is 1.82. The molecule has 0 aliphatic carbocycles. The van der Waals surface area contributed by atoms with E-state index >= 15 is 0 Å². The Kier molecular flexibility index (Phi) is 3.20. The number of hydrogen-bond donors (Lipinski definition) is 1. The highest BCUT2D eigenvalue weighted by molar-refractivity contribution is 7.15. The van der Waals surface area contributed by atoms with Gasteiger partial charge in [0.1, 0.15) is 5.58 Å². The topological polar surface area (TPSA) is 58.4 Å². The number of carbonyl (C=O) groups is 1. The smallest absolute Gasteiger partial charge is 0.293 e. The number of fused-ring (bicyclic) bond motifs is 2. The van der Waals surface area contributed by atoms with E-state index in [2.05, 4.69) is 22.2 Å². The van der Waals surface area contributed by atoms with E-state index in [-0.39, 0.29) is 5.91 Å². The molecule has 0 saturated carbocycles. The van der Waals surface area contributed by atoms with E-state index in [0.29, 0.717) is 16.5 Å². The summed E-state index contributed by atoms with van der Waals surface area (Å²) in [6.07, 6.45) is 0.933. The van der Waals surface area contributed by atoms with Crippen molar-refractivity contribution in [2.75, 3.05) is 18.9 Å². The van der Waals surface area contributed by atoms with Crippen LogP contribution in [0.25, 0.3) is 11.0 Å². The van der Waals surface area contributed by atoms with Gasteiger partial charge in [-0.05, 0) is 19.2 Å².